The van der Waals surface area contributed by atoms with Crippen LogP contribution in [0.4, 0.5) is 13.2 Å². The second-order valence-corrected chi connectivity index (χ2v) is 5.80. The van der Waals surface area contributed by atoms with Crippen LogP contribution in [0, 0.1) is 11.8 Å². The van der Waals surface area contributed by atoms with E-state index in [0.29, 0.717) is 24.3 Å². The first-order valence-electron chi connectivity index (χ1n) is 7.60. The molecule has 1 aliphatic rings. The molecule has 0 spiro atoms. The molecule has 5 nitrogen and oxygen atoms in total. The Bertz CT molecular complexity index is 697. The molecule has 2 aromatic rings. The fourth-order valence-corrected chi connectivity index (χ4v) is 3.15. The Morgan fingerprint density at radius 1 is 1.26 bits per heavy atom. The Morgan fingerprint density at radius 3 is 2.83 bits per heavy atom. The van der Waals surface area contributed by atoms with Crippen LogP contribution in [0.3, 0.4) is 0 Å². The Labute approximate surface area is 130 Å². The molecular weight excluding hydrogens is 309 g/mol. The van der Waals surface area contributed by atoms with Gasteiger partial charge >= 0.3 is 6.18 Å². The maximum Gasteiger partial charge on any atom is 0.392 e. The maximum atomic E-state index is 13.1. The third kappa shape index (κ3) is 3.30. The molecule has 124 valence electrons. The monoisotopic (exact) mass is 326 g/mol. The minimum atomic E-state index is -4.33. The lowest BCUT2D eigenvalue weighted by atomic mass is 9.78. The van der Waals surface area contributed by atoms with Crippen molar-refractivity contribution in [3.63, 3.8) is 0 Å². The number of hydrogen-bond donors (Lipinski definition) is 1. The number of hydrogen-bond acceptors (Lipinski definition) is 3. The molecule has 2 heterocycles. The van der Waals surface area contributed by atoms with Gasteiger partial charge in [0.2, 0.25) is 5.91 Å². The van der Waals surface area contributed by atoms with Gasteiger partial charge in [-0.2, -0.15) is 13.2 Å². The number of nitrogens with zero attached hydrogens (tertiary/aromatic N) is 3. The normalized spacial score (nSPS) is 22.2. The highest BCUT2D eigenvalue weighted by Gasteiger charge is 2.47. The van der Waals surface area contributed by atoms with Crippen LogP contribution in [0.1, 0.15) is 31.5 Å². The molecule has 0 saturated heterocycles. The minimum Gasteiger partial charge on any atom is -0.349 e. The van der Waals surface area contributed by atoms with Crippen molar-refractivity contribution in [2.45, 2.75) is 38.4 Å². The van der Waals surface area contributed by atoms with Crippen LogP contribution in [-0.2, 0) is 11.3 Å². The number of aromatic nitrogens is 3. The molecule has 23 heavy (non-hydrogen) atoms. The summed E-state index contributed by atoms with van der Waals surface area (Å²) in [7, 11) is 0. The predicted molar refractivity (Wildman–Crippen MR) is 76.3 cm³/mol. The van der Waals surface area contributed by atoms with Crippen LogP contribution in [0.5, 0.6) is 0 Å². The van der Waals surface area contributed by atoms with Crippen molar-refractivity contribution in [3.05, 3.63) is 30.2 Å². The predicted octanol–water partition coefficient (Wildman–Crippen LogP) is 2.71. The number of nitrogens with one attached hydrogen (secondary N) is 1. The smallest absolute Gasteiger partial charge is 0.349 e. The first-order chi connectivity index (χ1) is 11.0. The summed E-state index contributed by atoms with van der Waals surface area (Å²) >= 11 is 0. The number of alkyl halides is 3. The van der Waals surface area contributed by atoms with Gasteiger partial charge in [-0.25, -0.2) is 0 Å². The van der Waals surface area contributed by atoms with Gasteiger partial charge in [0.1, 0.15) is 0 Å². The number of fused-ring (bicyclic) bond motifs is 1. The van der Waals surface area contributed by atoms with Crippen molar-refractivity contribution < 1.29 is 18.0 Å². The van der Waals surface area contributed by atoms with E-state index in [0.717, 1.165) is 0 Å². The van der Waals surface area contributed by atoms with E-state index in [2.05, 4.69) is 15.5 Å². The fraction of sp³-hybridized carbons (Fsp3) is 0.533. The number of carbonyl (C=O) groups excluding carboxylic acids is 1. The topological polar surface area (TPSA) is 59.3 Å². The fourth-order valence-electron chi connectivity index (χ4n) is 3.15. The lowest BCUT2D eigenvalue weighted by Crippen LogP contribution is -2.42. The number of carbonyl (C=O) groups is 1. The third-order valence-corrected chi connectivity index (χ3v) is 4.33. The minimum absolute atomic E-state index is 0.0233. The Kier molecular flexibility index (Phi) is 4.23. The summed E-state index contributed by atoms with van der Waals surface area (Å²) in [6.07, 6.45) is -1.12. The molecule has 8 heteroatoms. The first kappa shape index (κ1) is 15.8. The average Bonchev–Trinajstić information content (AvgIpc) is 2.95. The van der Waals surface area contributed by atoms with Gasteiger partial charge in [-0.3, -0.25) is 9.20 Å². The summed E-state index contributed by atoms with van der Waals surface area (Å²) in [5.41, 5.74) is 0.627. The first-order valence-corrected chi connectivity index (χ1v) is 7.60. The molecule has 3 rings (SSSR count). The van der Waals surface area contributed by atoms with E-state index in [9.17, 15) is 18.0 Å². The summed E-state index contributed by atoms with van der Waals surface area (Å²) in [5, 5.41) is 10.5. The summed E-state index contributed by atoms with van der Waals surface area (Å²) in [4.78, 5) is 12.2. The molecule has 0 bridgehead atoms. The second kappa shape index (κ2) is 6.17. The van der Waals surface area contributed by atoms with E-state index < -0.39 is 23.9 Å². The van der Waals surface area contributed by atoms with Crippen LogP contribution in [0.25, 0.3) is 5.65 Å². The number of rotatable bonds is 3. The Hall–Kier alpha value is -2.12. The lowest BCUT2D eigenvalue weighted by molar-refractivity contribution is -0.198. The third-order valence-electron chi connectivity index (χ3n) is 4.33. The van der Waals surface area contributed by atoms with E-state index in [4.69, 9.17) is 0 Å². The molecular formula is C15H17F3N4O. The molecule has 1 saturated carbocycles. The lowest BCUT2D eigenvalue weighted by Gasteiger charge is -2.31. The molecule has 2 atom stereocenters. The number of halogens is 3. The highest BCUT2D eigenvalue weighted by Crippen LogP contribution is 2.41. The Balaban J connectivity index is 1.68. The van der Waals surface area contributed by atoms with Crippen LogP contribution < -0.4 is 5.32 Å². The van der Waals surface area contributed by atoms with E-state index >= 15 is 0 Å². The Morgan fingerprint density at radius 2 is 2.04 bits per heavy atom. The molecule has 0 radical (unpaired) electrons. The van der Waals surface area contributed by atoms with Gasteiger partial charge in [0.15, 0.2) is 11.5 Å². The van der Waals surface area contributed by atoms with Gasteiger partial charge in [-0.05, 0) is 25.0 Å². The molecule has 1 fully saturated rings. The number of amides is 1. The van der Waals surface area contributed by atoms with Gasteiger partial charge in [-0.1, -0.05) is 18.9 Å². The quantitative estimate of drug-likeness (QED) is 0.943. The average molecular weight is 326 g/mol. The summed E-state index contributed by atoms with van der Waals surface area (Å²) in [6.45, 7) is 0.0606. The molecule has 0 aromatic carbocycles. The van der Waals surface area contributed by atoms with Gasteiger partial charge in [0.25, 0.3) is 0 Å². The molecule has 1 aliphatic carbocycles. The van der Waals surface area contributed by atoms with Crippen molar-refractivity contribution in [3.8, 4) is 0 Å². The molecule has 2 aromatic heterocycles. The second-order valence-electron chi connectivity index (χ2n) is 5.80. The summed E-state index contributed by atoms with van der Waals surface area (Å²) in [6, 6.07) is 5.37. The highest BCUT2D eigenvalue weighted by molar-refractivity contribution is 5.79. The van der Waals surface area contributed by atoms with Crippen molar-refractivity contribution in [1.29, 1.82) is 0 Å². The number of pyridine rings is 1. The van der Waals surface area contributed by atoms with E-state index in [1.165, 1.54) is 0 Å². The summed E-state index contributed by atoms with van der Waals surface area (Å²) in [5.74, 6) is -2.62. The van der Waals surface area contributed by atoms with Gasteiger partial charge in [0.05, 0.1) is 12.5 Å². The van der Waals surface area contributed by atoms with Crippen molar-refractivity contribution >= 4 is 11.6 Å². The van der Waals surface area contributed by atoms with Crippen molar-refractivity contribution in [2.24, 2.45) is 11.8 Å². The largest absolute Gasteiger partial charge is 0.392 e. The summed E-state index contributed by atoms with van der Waals surface area (Å²) < 4.78 is 40.9. The SMILES string of the molecule is O=C(NCc1nnc2ccccn12)[C@H]1CCCC[C@H]1C(F)(F)F. The van der Waals surface area contributed by atoms with Crippen LogP contribution >= 0.6 is 0 Å². The van der Waals surface area contributed by atoms with Gasteiger partial charge in [-0.15, -0.1) is 10.2 Å². The van der Waals surface area contributed by atoms with Crippen LogP contribution in [0.2, 0.25) is 0 Å². The van der Waals surface area contributed by atoms with Gasteiger partial charge < -0.3 is 5.32 Å². The van der Waals surface area contributed by atoms with E-state index in [-0.39, 0.29) is 19.4 Å². The molecule has 1 amide bonds. The van der Waals surface area contributed by atoms with E-state index in [1.807, 2.05) is 6.07 Å². The molecule has 0 aliphatic heterocycles. The zero-order chi connectivity index (χ0) is 16.4. The highest BCUT2D eigenvalue weighted by atomic mass is 19.4. The van der Waals surface area contributed by atoms with Crippen molar-refractivity contribution in [2.75, 3.05) is 0 Å². The molecule has 1 N–H and O–H groups in total. The molecule has 0 unspecified atom stereocenters. The van der Waals surface area contributed by atoms with Crippen LogP contribution in [0.15, 0.2) is 24.4 Å². The van der Waals surface area contributed by atoms with Crippen LogP contribution in [-0.4, -0.2) is 26.7 Å². The van der Waals surface area contributed by atoms with E-state index in [1.54, 1.807) is 22.7 Å². The zero-order valence-electron chi connectivity index (χ0n) is 12.4. The zero-order valence-corrected chi connectivity index (χ0v) is 12.4. The maximum absolute atomic E-state index is 13.1. The standard InChI is InChI=1S/C15H17F3N4O/c16-15(17,18)11-6-2-1-5-10(11)14(23)19-9-13-21-20-12-7-3-4-8-22(12)13/h3-4,7-8,10-11H,1-2,5-6,9H2,(H,19,23)/t10-,11+/m0/s1. The van der Waals surface area contributed by atoms with Gasteiger partial charge in [0, 0.05) is 12.1 Å². The van der Waals surface area contributed by atoms with Crippen molar-refractivity contribution in [1.82, 2.24) is 19.9 Å².